The lowest BCUT2D eigenvalue weighted by Gasteiger charge is -2.03. The molecule has 1 aromatic heterocycles. The van der Waals surface area contributed by atoms with Gasteiger partial charge in [-0.15, -0.1) is 0 Å². The fourth-order valence-electron chi connectivity index (χ4n) is 1.43. The Bertz CT molecular complexity index is 507. The van der Waals surface area contributed by atoms with Gasteiger partial charge in [0.25, 0.3) is 0 Å². The molecule has 0 aliphatic carbocycles. The number of carbonyl (C=O) groups is 2. The lowest BCUT2D eigenvalue weighted by Crippen LogP contribution is -2.13. The van der Waals surface area contributed by atoms with E-state index in [4.69, 9.17) is 19.8 Å². The molecular formula is C15H16N2O4. The van der Waals surface area contributed by atoms with Crippen LogP contribution >= 0.6 is 0 Å². The molecule has 6 nitrogen and oxygen atoms in total. The van der Waals surface area contributed by atoms with Crippen molar-refractivity contribution in [2.24, 2.45) is 0 Å². The fraction of sp³-hybridized carbons (Fsp3) is 0.133. The summed E-state index contributed by atoms with van der Waals surface area (Å²) in [6.45, 7) is 1.70. The van der Waals surface area contributed by atoms with E-state index in [2.05, 4.69) is 34.6 Å². The largest absolute Gasteiger partial charge is 0.473 e. The number of nitrogens with one attached hydrogen (secondary N) is 1. The van der Waals surface area contributed by atoms with Crippen molar-refractivity contribution in [3.63, 3.8) is 0 Å². The van der Waals surface area contributed by atoms with Gasteiger partial charge in [0.2, 0.25) is 0 Å². The third-order valence-corrected chi connectivity index (χ3v) is 2.39. The summed E-state index contributed by atoms with van der Waals surface area (Å²) < 4.78 is 0. The van der Waals surface area contributed by atoms with Gasteiger partial charge in [-0.3, -0.25) is 4.98 Å². The van der Waals surface area contributed by atoms with Crippen LogP contribution in [-0.2, 0) is 22.7 Å². The molecule has 0 radical (unpaired) electrons. The van der Waals surface area contributed by atoms with Gasteiger partial charge >= 0.3 is 11.9 Å². The van der Waals surface area contributed by atoms with Gasteiger partial charge < -0.3 is 15.5 Å². The summed E-state index contributed by atoms with van der Waals surface area (Å²) in [6.07, 6.45) is 1.82. The highest BCUT2D eigenvalue weighted by Crippen LogP contribution is 1.98. The number of carboxylic acid groups (broad SMARTS) is 2. The van der Waals surface area contributed by atoms with Gasteiger partial charge in [-0.05, 0) is 17.7 Å². The molecule has 0 amide bonds. The third kappa shape index (κ3) is 7.44. The van der Waals surface area contributed by atoms with Crippen molar-refractivity contribution in [2.45, 2.75) is 13.1 Å². The lowest BCUT2D eigenvalue weighted by atomic mass is 10.2. The lowest BCUT2D eigenvalue weighted by molar-refractivity contribution is -0.159. The van der Waals surface area contributed by atoms with Crippen LogP contribution in [0.4, 0.5) is 0 Å². The number of rotatable bonds is 4. The molecule has 1 heterocycles. The number of hydrogen-bond acceptors (Lipinski definition) is 4. The topological polar surface area (TPSA) is 99.5 Å². The van der Waals surface area contributed by atoms with Gasteiger partial charge in [-0.1, -0.05) is 36.4 Å². The van der Waals surface area contributed by atoms with E-state index in [0.29, 0.717) is 0 Å². The van der Waals surface area contributed by atoms with E-state index < -0.39 is 11.9 Å². The molecule has 0 atom stereocenters. The highest BCUT2D eigenvalue weighted by atomic mass is 16.4. The van der Waals surface area contributed by atoms with Crippen LogP contribution in [0.5, 0.6) is 0 Å². The van der Waals surface area contributed by atoms with Gasteiger partial charge in [-0.25, -0.2) is 9.59 Å². The molecule has 21 heavy (non-hydrogen) atoms. The Hall–Kier alpha value is -2.73. The summed E-state index contributed by atoms with van der Waals surface area (Å²) in [5.41, 5.74) is 2.38. The normalized spacial score (nSPS) is 9.33. The summed E-state index contributed by atoms with van der Waals surface area (Å²) in [7, 11) is 0. The Labute approximate surface area is 122 Å². The monoisotopic (exact) mass is 288 g/mol. The summed E-state index contributed by atoms with van der Waals surface area (Å²) in [5.74, 6) is -3.65. The highest BCUT2D eigenvalue weighted by molar-refractivity contribution is 6.27. The number of carboxylic acids is 2. The molecule has 110 valence electrons. The van der Waals surface area contributed by atoms with Gasteiger partial charge in [-0.2, -0.15) is 0 Å². The molecule has 1 aromatic carbocycles. The molecule has 0 aliphatic heterocycles. The van der Waals surface area contributed by atoms with E-state index in [9.17, 15) is 0 Å². The van der Waals surface area contributed by atoms with Crippen molar-refractivity contribution in [2.75, 3.05) is 0 Å². The molecule has 0 spiro atoms. The molecule has 2 rings (SSSR count). The molecule has 0 saturated carbocycles. The minimum absolute atomic E-state index is 0.815. The summed E-state index contributed by atoms with van der Waals surface area (Å²) in [6, 6.07) is 16.3. The maximum Gasteiger partial charge on any atom is 0.414 e. The molecule has 2 aromatic rings. The van der Waals surface area contributed by atoms with Gasteiger partial charge in [0.05, 0.1) is 5.69 Å². The first kappa shape index (κ1) is 16.3. The zero-order chi connectivity index (χ0) is 15.5. The smallest absolute Gasteiger partial charge is 0.414 e. The quantitative estimate of drug-likeness (QED) is 0.738. The zero-order valence-electron chi connectivity index (χ0n) is 11.3. The van der Waals surface area contributed by atoms with E-state index in [1.807, 2.05) is 30.5 Å². The minimum atomic E-state index is -1.82. The van der Waals surface area contributed by atoms with Crippen LogP contribution in [0.25, 0.3) is 0 Å². The molecule has 0 fully saturated rings. The summed E-state index contributed by atoms with van der Waals surface area (Å²) >= 11 is 0. The zero-order valence-corrected chi connectivity index (χ0v) is 11.3. The molecular weight excluding hydrogens is 272 g/mol. The van der Waals surface area contributed by atoms with Crippen LogP contribution in [0.1, 0.15) is 11.3 Å². The van der Waals surface area contributed by atoms with Crippen molar-refractivity contribution in [1.29, 1.82) is 0 Å². The molecule has 0 saturated heterocycles. The Morgan fingerprint density at radius 2 is 1.52 bits per heavy atom. The number of aromatic nitrogens is 1. The second-order valence-electron chi connectivity index (χ2n) is 4.02. The van der Waals surface area contributed by atoms with E-state index in [-0.39, 0.29) is 0 Å². The first-order valence-electron chi connectivity index (χ1n) is 6.20. The SMILES string of the molecule is O=C(O)C(=O)O.c1ccc(CNCc2ccccn2)cc1. The van der Waals surface area contributed by atoms with E-state index >= 15 is 0 Å². The second kappa shape index (κ2) is 9.22. The van der Waals surface area contributed by atoms with Crippen LogP contribution in [0, 0.1) is 0 Å². The number of aliphatic carboxylic acids is 2. The number of nitrogens with zero attached hydrogens (tertiary/aromatic N) is 1. The van der Waals surface area contributed by atoms with Crippen LogP contribution in [0.3, 0.4) is 0 Å². The molecule has 3 N–H and O–H groups in total. The molecule has 0 unspecified atom stereocenters. The second-order valence-corrected chi connectivity index (χ2v) is 4.02. The van der Waals surface area contributed by atoms with Crippen molar-refractivity contribution in [3.8, 4) is 0 Å². The van der Waals surface area contributed by atoms with Crippen molar-refractivity contribution in [1.82, 2.24) is 10.3 Å². The predicted molar refractivity (Wildman–Crippen MR) is 76.5 cm³/mol. The standard InChI is InChI=1S/C13H14N2.C2H2O4/c1-2-6-12(7-3-1)10-14-11-13-8-4-5-9-15-13;3-1(4)2(5)6/h1-9,14H,10-11H2;(H,3,4)(H,5,6). The average molecular weight is 288 g/mol. The Balaban J connectivity index is 0.000000315. The van der Waals surface area contributed by atoms with Crippen LogP contribution in [0.2, 0.25) is 0 Å². The van der Waals surface area contributed by atoms with Gasteiger partial charge in [0.15, 0.2) is 0 Å². The van der Waals surface area contributed by atoms with Gasteiger partial charge in [0.1, 0.15) is 0 Å². The highest BCUT2D eigenvalue weighted by Gasteiger charge is 2.04. The number of pyridine rings is 1. The van der Waals surface area contributed by atoms with Crippen molar-refractivity contribution in [3.05, 3.63) is 66.0 Å². The third-order valence-electron chi connectivity index (χ3n) is 2.39. The molecule has 0 aliphatic rings. The van der Waals surface area contributed by atoms with Crippen molar-refractivity contribution < 1.29 is 19.8 Å². The minimum Gasteiger partial charge on any atom is -0.473 e. The summed E-state index contributed by atoms with van der Waals surface area (Å²) in [5, 5.41) is 18.1. The van der Waals surface area contributed by atoms with E-state index in [1.54, 1.807) is 0 Å². The van der Waals surface area contributed by atoms with Crippen LogP contribution < -0.4 is 5.32 Å². The van der Waals surface area contributed by atoms with Crippen molar-refractivity contribution >= 4 is 11.9 Å². The molecule has 0 bridgehead atoms. The average Bonchev–Trinajstić information content (AvgIpc) is 2.50. The number of benzene rings is 1. The fourth-order valence-corrected chi connectivity index (χ4v) is 1.43. The molecule has 6 heteroatoms. The van der Waals surface area contributed by atoms with Crippen LogP contribution in [0.15, 0.2) is 54.7 Å². The predicted octanol–water partition coefficient (Wildman–Crippen LogP) is 1.53. The van der Waals surface area contributed by atoms with Gasteiger partial charge in [0, 0.05) is 19.3 Å². The summed E-state index contributed by atoms with van der Waals surface area (Å²) in [4.78, 5) is 22.4. The van der Waals surface area contributed by atoms with Crippen LogP contribution in [-0.4, -0.2) is 27.1 Å². The first-order chi connectivity index (χ1) is 10.1. The first-order valence-corrected chi connectivity index (χ1v) is 6.20. The Morgan fingerprint density at radius 1 is 0.905 bits per heavy atom. The maximum absolute atomic E-state index is 9.10. The number of hydrogen-bond donors (Lipinski definition) is 3. The Morgan fingerprint density at radius 3 is 2.05 bits per heavy atom. The van der Waals surface area contributed by atoms with E-state index in [0.717, 1.165) is 18.8 Å². The Kier molecular flexibility index (Phi) is 7.17. The van der Waals surface area contributed by atoms with E-state index in [1.165, 1.54) is 5.56 Å². The maximum atomic E-state index is 9.10.